The lowest BCUT2D eigenvalue weighted by Crippen LogP contribution is -2.22. The zero-order valence-corrected chi connectivity index (χ0v) is 9.65. The quantitative estimate of drug-likeness (QED) is 0.675. The van der Waals surface area contributed by atoms with Crippen LogP contribution in [0.15, 0.2) is 17.1 Å². The molecular formula is C11H19N3O2. The van der Waals surface area contributed by atoms with Crippen molar-refractivity contribution in [3.8, 4) is 0 Å². The molecular weight excluding hydrogens is 206 g/mol. The minimum Gasteiger partial charge on any atom is -0.396 e. The summed E-state index contributed by atoms with van der Waals surface area (Å²) in [6, 6.07) is 1.54. The maximum atomic E-state index is 11.5. The Morgan fingerprint density at radius 1 is 1.38 bits per heavy atom. The molecule has 0 aliphatic rings. The van der Waals surface area contributed by atoms with Crippen molar-refractivity contribution in [3.05, 3.63) is 22.6 Å². The summed E-state index contributed by atoms with van der Waals surface area (Å²) < 4.78 is 1.47. The van der Waals surface area contributed by atoms with Crippen molar-refractivity contribution in [1.82, 2.24) is 9.78 Å². The van der Waals surface area contributed by atoms with Gasteiger partial charge in [-0.2, -0.15) is 5.10 Å². The van der Waals surface area contributed by atoms with Crippen LogP contribution in [0, 0.1) is 0 Å². The van der Waals surface area contributed by atoms with Crippen molar-refractivity contribution in [2.24, 2.45) is 0 Å². The Hall–Kier alpha value is -1.36. The van der Waals surface area contributed by atoms with Crippen LogP contribution in [0.4, 0.5) is 5.69 Å². The van der Waals surface area contributed by atoms with Crippen LogP contribution in [-0.4, -0.2) is 28.5 Å². The summed E-state index contributed by atoms with van der Waals surface area (Å²) >= 11 is 0. The van der Waals surface area contributed by atoms with E-state index in [2.05, 4.69) is 10.4 Å². The molecule has 0 atom stereocenters. The summed E-state index contributed by atoms with van der Waals surface area (Å²) in [5.74, 6) is 0. The summed E-state index contributed by atoms with van der Waals surface area (Å²) in [5.41, 5.74) is 0.663. The molecule has 0 aromatic carbocycles. The third kappa shape index (κ3) is 4.02. The van der Waals surface area contributed by atoms with Crippen molar-refractivity contribution in [2.45, 2.75) is 32.2 Å². The summed E-state index contributed by atoms with van der Waals surface area (Å²) in [4.78, 5) is 11.5. The average Bonchev–Trinajstić information content (AvgIpc) is 2.30. The lowest BCUT2D eigenvalue weighted by molar-refractivity contribution is 0.282. The monoisotopic (exact) mass is 225 g/mol. The number of aliphatic hydroxyl groups is 1. The maximum absolute atomic E-state index is 11.5. The molecule has 5 heteroatoms. The SMILES string of the molecule is CNc1cnn(CCCCCCO)c(=O)c1. The van der Waals surface area contributed by atoms with Gasteiger partial charge in [0.25, 0.3) is 5.56 Å². The molecule has 90 valence electrons. The minimum absolute atomic E-state index is 0.0750. The molecule has 0 aliphatic carbocycles. The number of anilines is 1. The van der Waals surface area contributed by atoms with Crippen LogP contribution in [0.2, 0.25) is 0 Å². The summed E-state index contributed by atoms with van der Waals surface area (Å²) in [5, 5.41) is 15.5. The van der Waals surface area contributed by atoms with Crippen molar-refractivity contribution in [3.63, 3.8) is 0 Å². The second-order valence-electron chi connectivity index (χ2n) is 3.69. The van der Waals surface area contributed by atoms with E-state index in [1.54, 1.807) is 19.3 Å². The molecule has 2 N–H and O–H groups in total. The zero-order valence-electron chi connectivity index (χ0n) is 9.65. The van der Waals surface area contributed by atoms with Gasteiger partial charge in [0.1, 0.15) is 0 Å². The average molecular weight is 225 g/mol. The number of unbranched alkanes of at least 4 members (excludes halogenated alkanes) is 3. The highest BCUT2D eigenvalue weighted by Gasteiger charge is 1.98. The van der Waals surface area contributed by atoms with Gasteiger partial charge in [-0.1, -0.05) is 12.8 Å². The Kier molecular flexibility index (Phi) is 5.56. The van der Waals surface area contributed by atoms with E-state index in [-0.39, 0.29) is 12.2 Å². The third-order valence-electron chi connectivity index (χ3n) is 2.44. The number of aryl methyl sites for hydroxylation is 1. The van der Waals surface area contributed by atoms with Crippen LogP contribution in [0.5, 0.6) is 0 Å². The second-order valence-corrected chi connectivity index (χ2v) is 3.69. The molecule has 1 rings (SSSR count). The van der Waals surface area contributed by atoms with E-state index in [0.29, 0.717) is 6.54 Å². The van der Waals surface area contributed by atoms with E-state index in [4.69, 9.17) is 5.11 Å². The van der Waals surface area contributed by atoms with Gasteiger partial charge in [0.2, 0.25) is 0 Å². The predicted molar refractivity (Wildman–Crippen MR) is 63.6 cm³/mol. The first-order valence-electron chi connectivity index (χ1n) is 5.63. The summed E-state index contributed by atoms with van der Waals surface area (Å²) in [7, 11) is 1.76. The van der Waals surface area contributed by atoms with Crippen LogP contribution in [0.1, 0.15) is 25.7 Å². The van der Waals surface area contributed by atoms with E-state index in [9.17, 15) is 4.79 Å². The number of nitrogens with zero attached hydrogens (tertiary/aromatic N) is 2. The van der Waals surface area contributed by atoms with Gasteiger partial charge in [0.15, 0.2) is 0 Å². The van der Waals surface area contributed by atoms with Crippen LogP contribution in [0.3, 0.4) is 0 Å². The number of hydrogen-bond acceptors (Lipinski definition) is 4. The van der Waals surface area contributed by atoms with Gasteiger partial charge in [0, 0.05) is 26.3 Å². The number of rotatable bonds is 7. The number of nitrogens with one attached hydrogen (secondary N) is 1. The van der Waals surface area contributed by atoms with E-state index >= 15 is 0 Å². The standard InChI is InChI=1S/C11H19N3O2/c1-12-10-8-11(16)14(13-9-10)6-4-2-3-5-7-15/h8-9,12,15H,2-7H2,1H3. The van der Waals surface area contributed by atoms with Crippen molar-refractivity contribution < 1.29 is 5.11 Å². The van der Waals surface area contributed by atoms with E-state index in [1.165, 1.54) is 4.68 Å². The Labute approximate surface area is 95.1 Å². The molecule has 1 heterocycles. The van der Waals surface area contributed by atoms with Crippen LogP contribution >= 0.6 is 0 Å². The predicted octanol–water partition coefficient (Wildman–Crippen LogP) is 0.838. The zero-order chi connectivity index (χ0) is 11.8. The number of aromatic nitrogens is 2. The van der Waals surface area contributed by atoms with Gasteiger partial charge in [-0.15, -0.1) is 0 Å². The molecule has 0 radical (unpaired) electrons. The Morgan fingerprint density at radius 3 is 2.75 bits per heavy atom. The third-order valence-corrected chi connectivity index (χ3v) is 2.44. The Balaban J connectivity index is 2.39. The normalized spacial score (nSPS) is 10.4. The molecule has 0 unspecified atom stereocenters. The Morgan fingerprint density at radius 2 is 2.12 bits per heavy atom. The fourth-order valence-electron chi connectivity index (χ4n) is 1.47. The smallest absolute Gasteiger partial charge is 0.268 e. The maximum Gasteiger partial charge on any atom is 0.268 e. The first kappa shape index (κ1) is 12.7. The van der Waals surface area contributed by atoms with Crippen LogP contribution in [-0.2, 0) is 6.54 Å². The highest BCUT2D eigenvalue weighted by Crippen LogP contribution is 2.01. The summed E-state index contributed by atoms with van der Waals surface area (Å²) in [6.07, 6.45) is 5.42. The fourth-order valence-corrected chi connectivity index (χ4v) is 1.47. The minimum atomic E-state index is -0.0750. The molecule has 0 saturated heterocycles. The largest absolute Gasteiger partial charge is 0.396 e. The molecule has 0 spiro atoms. The molecule has 0 saturated carbocycles. The lowest BCUT2D eigenvalue weighted by Gasteiger charge is -2.05. The fraction of sp³-hybridized carbons (Fsp3) is 0.636. The van der Waals surface area contributed by atoms with Crippen molar-refractivity contribution in [1.29, 1.82) is 0 Å². The molecule has 0 amide bonds. The highest BCUT2D eigenvalue weighted by molar-refractivity contribution is 5.37. The highest BCUT2D eigenvalue weighted by atomic mass is 16.2. The first-order valence-corrected chi connectivity index (χ1v) is 5.63. The van der Waals surface area contributed by atoms with Crippen molar-refractivity contribution in [2.75, 3.05) is 19.0 Å². The van der Waals surface area contributed by atoms with Gasteiger partial charge in [0.05, 0.1) is 11.9 Å². The van der Waals surface area contributed by atoms with Crippen LogP contribution < -0.4 is 10.9 Å². The van der Waals surface area contributed by atoms with E-state index in [1.807, 2.05) is 0 Å². The Bertz CT molecular complexity index is 362. The molecule has 0 aliphatic heterocycles. The van der Waals surface area contributed by atoms with Gasteiger partial charge < -0.3 is 10.4 Å². The van der Waals surface area contributed by atoms with Gasteiger partial charge in [-0.3, -0.25) is 4.79 Å². The number of aliphatic hydroxyl groups excluding tert-OH is 1. The van der Waals surface area contributed by atoms with E-state index in [0.717, 1.165) is 31.4 Å². The van der Waals surface area contributed by atoms with Gasteiger partial charge >= 0.3 is 0 Å². The van der Waals surface area contributed by atoms with Crippen LogP contribution in [0.25, 0.3) is 0 Å². The summed E-state index contributed by atoms with van der Waals surface area (Å²) in [6.45, 7) is 0.892. The number of hydrogen-bond donors (Lipinski definition) is 2. The first-order chi connectivity index (χ1) is 7.77. The molecule has 1 aromatic heterocycles. The second kappa shape index (κ2) is 7.00. The van der Waals surface area contributed by atoms with E-state index < -0.39 is 0 Å². The lowest BCUT2D eigenvalue weighted by atomic mass is 10.2. The molecule has 16 heavy (non-hydrogen) atoms. The van der Waals surface area contributed by atoms with Crippen molar-refractivity contribution >= 4 is 5.69 Å². The molecule has 0 bridgehead atoms. The van der Waals surface area contributed by atoms with Gasteiger partial charge in [-0.25, -0.2) is 4.68 Å². The topological polar surface area (TPSA) is 67.2 Å². The molecule has 1 aromatic rings. The molecule has 5 nitrogen and oxygen atoms in total. The molecule has 0 fully saturated rings. The van der Waals surface area contributed by atoms with Gasteiger partial charge in [-0.05, 0) is 12.8 Å².